The third-order valence-electron chi connectivity index (χ3n) is 3.77. The molecule has 2 aromatic rings. The number of nitrogens with two attached hydrogens (primary N) is 1. The molecule has 0 spiro atoms. The van der Waals surface area contributed by atoms with Gasteiger partial charge in [-0.25, -0.2) is 9.80 Å². The Morgan fingerprint density at radius 2 is 2.00 bits per heavy atom. The van der Waals surface area contributed by atoms with Gasteiger partial charge in [0, 0.05) is 5.57 Å². The number of hydrogen-bond acceptors (Lipinski definition) is 4. The van der Waals surface area contributed by atoms with Gasteiger partial charge in [0.05, 0.1) is 17.5 Å². The summed E-state index contributed by atoms with van der Waals surface area (Å²) >= 11 is 0. The van der Waals surface area contributed by atoms with Crippen LogP contribution in [0.1, 0.15) is 21.5 Å². The average Bonchev–Trinajstić information content (AvgIpc) is 2.89. The van der Waals surface area contributed by atoms with Crippen LogP contribution in [0.25, 0.3) is 6.08 Å². The topological polar surface area (TPSA) is 78.9 Å². The van der Waals surface area contributed by atoms with E-state index in [1.54, 1.807) is 29.4 Å². The summed E-state index contributed by atoms with van der Waals surface area (Å²) in [6.07, 6.45) is 3.24. The van der Waals surface area contributed by atoms with Gasteiger partial charge < -0.3 is 10.8 Å². The predicted molar refractivity (Wildman–Crippen MR) is 91.5 cm³/mol. The fourth-order valence-corrected chi connectivity index (χ4v) is 2.48. The Morgan fingerprint density at radius 1 is 1.26 bits per heavy atom. The lowest BCUT2D eigenvalue weighted by molar-refractivity contribution is 0.0697. The van der Waals surface area contributed by atoms with Crippen molar-refractivity contribution in [2.75, 3.05) is 5.01 Å². The normalized spacial score (nSPS) is 18.6. The predicted octanol–water partition coefficient (Wildman–Crippen LogP) is 2.87. The van der Waals surface area contributed by atoms with Gasteiger partial charge >= 0.3 is 5.97 Å². The smallest absolute Gasteiger partial charge is 0.335 e. The van der Waals surface area contributed by atoms with Crippen LogP contribution in [0.5, 0.6) is 0 Å². The van der Waals surface area contributed by atoms with E-state index in [2.05, 4.69) is 5.10 Å². The van der Waals surface area contributed by atoms with E-state index in [0.29, 0.717) is 5.69 Å². The number of anilines is 1. The maximum absolute atomic E-state index is 11.2. The molecule has 1 aliphatic heterocycles. The molecule has 2 aromatic carbocycles. The van der Waals surface area contributed by atoms with E-state index in [9.17, 15) is 4.79 Å². The molecule has 5 heteroatoms. The summed E-state index contributed by atoms with van der Waals surface area (Å²) in [6.45, 7) is 1.90. The summed E-state index contributed by atoms with van der Waals surface area (Å²) < 4.78 is 0. The molecule has 0 bridgehead atoms. The highest BCUT2D eigenvalue weighted by Crippen LogP contribution is 2.28. The van der Waals surface area contributed by atoms with Crippen molar-refractivity contribution in [1.29, 1.82) is 0 Å². The number of carboxylic acids is 1. The third kappa shape index (κ3) is 3.00. The van der Waals surface area contributed by atoms with Crippen molar-refractivity contribution in [2.45, 2.75) is 13.1 Å². The first-order chi connectivity index (χ1) is 11.1. The largest absolute Gasteiger partial charge is 0.478 e. The summed E-state index contributed by atoms with van der Waals surface area (Å²) in [6, 6.07) is 14.8. The summed E-state index contributed by atoms with van der Waals surface area (Å²) in [4.78, 5) is 11.2. The summed E-state index contributed by atoms with van der Waals surface area (Å²) in [5, 5.41) is 15.2. The highest BCUT2D eigenvalue weighted by atomic mass is 16.4. The van der Waals surface area contributed by atoms with Gasteiger partial charge in [0.15, 0.2) is 0 Å². The van der Waals surface area contributed by atoms with Crippen molar-refractivity contribution in [3.63, 3.8) is 0 Å². The number of aromatic carboxylic acids is 1. The van der Waals surface area contributed by atoms with Gasteiger partial charge in [-0.05, 0) is 36.3 Å². The number of carbonyl (C=O) groups is 1. The Hall–Kier alpha value is -2.92. The maximum atomic E-state index is 11.2. The molecule has 0 saturated carbocycles. The molecule has 0 amide bonds. The molecule has 1 heterocycles. The summed E-state index contributed by atoms with van der Waals surface area (Å²) in [5.41, 5.74) is 10.0. The minimum absolute atomic E-state index is 0.216. The van der Waals surface area contributed by atoms with Crippen molar-refractivity contribution < 1.29 is 9.90 Å². The summed E-state index contributed by atoms with van der Waals surface area (Å²) in [7, 11) is 0. The van der Waals surface area contributed by atoms with Gasteiger partial charge in [-0.15, -0.1) is 0 Å². The molecule has 23 heavy (non-hydrogen) atoms. The highest BCUT2D eigenvalue weighted by Gasteiger charge is 2.25. The monoisotopic (exact) mass is 307 g/mol. The zero-order valence-electron chi connectivity index (χ0n) is 12.7. The number of carboxylic acid groups (broad SMARTS) is 1. The van der Waals surface area contributed by atoms with Crippen LogP contribution in [0.2, 0.25) is 0 Å². The second-order valence-corrected chi connectivity index (χ2v) is 5.40. The van der Waals surface area contributed by atoms with Crippen LogP contribution in [-0.4, -0.2) is 23.5 Å². The molecule has 5 nitrogen and oxygen atoms in total. The molecule has 3 N–H and O–H groups in total. The zero-order valence-corrected chi connectivity index (χ0v) is 12.7. The molecule has 0 radical (unpaired) electrons. The van der Waals surface area contributed by atoms with Crippen molar-refractivity contribution in [2.24, 2.45) is 10.8 Å². The molecule has 116 valence electrons. The number of benzene rings is 2. The summed E-state index contributed by atoms with van der Waals surface area (Å²) in [5.74, 6) is -0.969. The fourth-order valence-electron chi connectivity index (χ4n) is 2.48. The molecule has 0 saturated heterocycles. The SMILES string of the molecule is Cc1ccc(C(=O)O)cc1N1N=CC(=Cc2ccccc2)C1N. The van der Waals surface area contributed by atoms with Crippen molar-refractivity contribution in [3.8, 4) is 0 Å². The lowest BCUT2D eigenvalue weighted by Gasteiger charge is -2.23. The minimum Gasteiger partial charge on any atom is -0.478 e. The molecule has 1 aliphatic rings. The molecule has 1 atom stereocenters. The van der Waals surface area contributed by atoms with Gasteiger partial charge in [0.25, 0.3) is 0 Å². The minimum atomic E-state index is -0.969. The maximum Gasteiger partial charge on any atom is 0.335 e. The first-order valence-electron chi connectivity index (χ1n) is 7.25. The van der Waals surface area contributed by atoms with Gasteiger partial charge in [0.2, 0.25) is 0 Å². The van der Waals surface area contributed by atoms with E-state index in [-0.39, 0.29) is 5.56 Å². The zero-order chi connectivity index (χ0) is 16.4. The Morgan fingerprint density at radius 3 is 2.70 bits per heavy atom. The molecule has 0 aliphatic carbocycles. The third-order valence-corrected chi connectivity index (χ3v) is 3.77. The lowest BCUT2D eigenvalue weighted by atomic mass is 10.1. The second kappa shape index (κ2) is 6.06. The number of hydrazone groups is 1. The Labute approximate surface area is 134 Å². The van der Waals surface area contributed by atoms with E-state index in [0.717, 1.165) is 16.7 Å². The van der Waals surface area contributed by atoms with Gasteiger partial charge in [-0.3, -0.25) is 0 Å². The molecular formula is C18H17N3O2. The van der Waals surface area contributed by atoms with E-state index in [4.69, 9.17) is 10.8 Å². The van der Waals surface area contributed by atoms with Crippen LogP contribution in [0.4, 0.5) is 5.69 Å². The van der Waals surface area contributed by atoms with Gasteiger partial charge in [0.1, 0.15) is 6.17 Å². The van der Waals surface area contributed by atoms with E-state index in [1.807, 2.05) is 43.3 Å². The van der Waals surface area contributed by atoms with E-state index < -0.39 is 12.1 Å². The van der Waals surface area contributed by atoms with E-state index >= 15 is 0 Å². The Kier molecular flexibility index (Phi) is 3.95. The van der Waals surface area contributed by atoms with Crippen LogP contribution < -0.4 is 10.7 Å². The van der Waals surface area contributed by atoms with Gasteiger partial charge in [-0.2, -0.15) is 5.10 Å². The van der Waals surface area contributed by atoms with Crippen LogP contribution >= 0.6 is 0 Å². The first-order valence-corrected chi connectivity index (χ1v) is 7.25. The fraction of sp³-hybridized carbons (Fsp3) is 0.111. The number of rotatable bonds is 3. The van der Waals surface area contributed by atoms with Crippen LogP contribution in [0.3, 0.4) is 0 Å². The molecule has 0 aromatic heterocycles. The van der Waals surface area contributed by atoms with Crippen LogP contribution in [-0.2, 0) is 0 Å². The second-order valence-electron chi connectivity index (χ2n) is 5.40. The van der Waals surface area contributed by atoms with Crippen LogP contribution in [0.15, 0.2) is 59.2 Å². The van der Waals surface area contributed by atoms with Crippen LogP contribution in [0, 0.1) is 6.92 Å². The number of hydrogen-bond donors (Lipinski definition) is 2. The number of aryl methyl sites for hydroxylation is 1. The average molecular weight is 307 g/mol. The van der Waals surface area contributed by atoms with Crippen molar-refractivity contribution in [1.82, 2.24) is 0 Å². The molecule has 0 fully saturated rings. The molecule has 3 rings (SSSR count). The molecular weight excluding hydrogens is 290 g/mol. The Balaban J connectivity index is 1.92. The van der Waals surface area contributed by atoms with Crippen molar-refractivity contribution in [3.05, 3.63) is 70.8 Å². The van der Waals surface area contributed by atoms with Gasteiger partial charge in [-0.1, -0.05) is 36.4 Å². The quantitative estimate of drug-likeness (QED) is 0.914. The highest BCUT2D eigenvalue weighted by molar-refractivity contribution is 5.93. The first kappa shape index (κ1) is 15.0. The Bertz CT molecular complexity index is 797. The molecule has 1 unspecified atom stereocenters. The lowest BCUT2D eigenvalue weighted by Crippen LogP contribution is -2.36. The van der Waals surface area contributed by atoms with Crippen molar-refractivity contribution >= 4 is 23.9 Å². The standard InChI is InChI=1S/C18H17N3O2/c1-12-7-8-14(18(22)23)10-16(12)21-17(19)15(11-20-21)9-13-5-3-2-4-6-13/h2-11,17H,19H2,1H3,(H,22,23). The van der Waals surface area contributed by atoms with E-state index in [1.165, 1.54) is 0 Å². The number of nitrogens with zero attached hydrogens (tertiary/aromatic N) is 2.